The summed E-state index contributed by atoms with van der Waals surface area (Å²) in [6.07, 6.45) is 4.71. The van der Waals surface area contributed by atoms with Gasteiger partial charge in [0.05, 0.1) is 11.2 Å². The molecule has 3 aliphatic heterocycles. The Kier molecular flexibility index (Phi) is 10.1. The summed E-state index contributed by atoms with van der Waals surface area (Å²) in [4.78, 5) is 8.21. The van der Waals surface area contributed by atoms with Crippen LogP contribution < -0.4 is 31.1 Å². The van der Waals surface area contributed by atoms with Crippen LogP contribution in [0.4, 0.5) is 45.5 Å². The van der Waals surface area contributed by atoms with E-state index in [9.17, 15) is 0 Å². The smallest absolute Gasteiger partial charge is 0.252 e. The third-order valence-corrected chi connectivity index (χ3v) is 19.0. The Labute approximate surface area is 438 Å². The van der Waals surface area contributed by atoms with E-state index in [0.717, 1.165) is 12.8 Å². The molecule has 0 radical (unpaired) electrons. The lowest BCUT2D eigenvalue weighted by Gasteiger charge is -2.51. The molecule has 0 spiro atoms. The van der Waals surface area contributed by atoms with E-state index < -0.39 is 0 Å². The van der Waals surface area contributed by atoms with Gasteiger partial charge in [0.15, 0.2) is 0 Å². The van der Waals surface area contributed by atoms with Gasteiger partial charge in [-0.25, -0.2) is 0 Å². The van der Waals surface area contributed by atoms with Crippen molar-refractivity contribution in [3.8, 4) is 11.1 Å². The van der Waals surface area contributed by atoms with Gasteiger partial charge in [-0.15, -0.1) is 11.3 Å². The van der Waals surface area contributed by atoms with Crippen LogP contribution in [0.15, 0.2) is 164 Å². The van der Waals surface area contributed by atoms with E-state index in [1.807, 2.05) is 11.3 Å². The molecule has 1 saturated carbocycles. The first-order valence-electron chi connectivity index (χ1n) is 26.9. The Hall–Kier alpha value is -6.56. The second-order valence-electron chi connectivity index (χ2n) is 25.3. The first kappa shape index (κ1) is 46.2. The zero-order chi connectivity index (χ0) is 50.6. The third kappa shape index (κ3) is 6.90. The second kappa shape index (κ2) is 16.0. The van der Waals surface area contributed by atoms with Gasteiger partial charge in [0.25, 0.3) is 6.71 Å². The van der Waals surface area contributed by atoms with Crippen molar-refractivity contribution >= 4 is 100 Å². The summed E-state index contributed by atoms with van der Waals surface area (Å²) in [5.41, 5.74) is 21.8. The molecule has 13 rings (SSSR count). The number of hydrogen-bond acceptors (Lipinski definition) is 4. The van der Waals surface area contributed by atoms with Gasteiger partial charge in [-0.1, -0.05) is 179 Å². The molecule has 4 aliphatic rings. The maximum atomic E-state index is 2.83. The highest BCUT2D eigenvalue weighted by molar-refractivity contribution is 7.26. The van der Waals surface area contributed by atoms with Crippen molar-refractivity contribution in [3.63, 3.8) is 0 Å². The molecule has 0 amide bonds. The molecule has 4 heterocycles. The van der Waals surface area contributed by atoms with Crippen molar-refractivity contribution in [2.75, 3.05) is 14.7 Å². The van der Waals surface area contributed by atoms with Crippen LogP contribution in [-0.2, 0) is 21.7 Å². The number of hydrogen-bond donors (Lipinski definition) is 0. The highest BCUT2D eigenvalue weighted by atomic mass is 32.1. The fraction of sp³-hybridized carbons (Fsp3) is 0.294. The zero-order valence-corrected chi connectivity index (χ0v) is 45.6. The SMILES string of the molecule is CC(C)(C)c1cccc(N2c3cc(C(C)(C)C)ccc3B3c4ccc(C(C)(C)C)cc4N(c4cccc5sc6ccccc6c45)c4cc(N5c6ccc(-c7ccccc7)cc6C6(C)CCCCC56C)cc2c43)c1. The summed E-state index contributed by atoms with van der Waals surface area (Å²) in [7, 11) is 0. The fourth-order valence-corrected chi connectivity index (χ4v) is 14.7. The minimum Gasteiger partial charge on any atom is -0.334 e. The molecule has 0 bridgehead atoms. The minimum absolute atomic E-state index is 0.00126. The van der Waals surface area contributed by atoms with Crippen molar-refractivity contribution in [3.05, 3.63) is 186 Å². The fourth-order valence-electron chi connectivity index (χ4n) is 13.6. The molecule has 5 heteroatoms. The number of nitrogens with zero attached hydrogens (tertiary/aromatic N) is 3. The molecule has 2 unspecified atom stereocenters. The van der Waals surface area contributed by atoms with Crippen molar-refractivity contribution < 1.29 is 0 Å². The Bertz CT molecular complexity index is 3710. The number of thiophene rings is 1. The van der Waals surface area contributed by atoms with E-state index in [2.05, 4.69) is 255 Å². The van der Waals surface area contributed by atoms with Crippen LogP contribution in [0.3, 0.4) is 0 Å². The molecule has 9 aromatic rings. The molecule has 1 aromatic heterocycles. The van der Waals surface area contributed by atoms with E-state index in [0.29, 0.717) is 0 Å². The lowest BCUT2D eigenvalue weighted by molar-refractivity contribution is 0.195. The predicted molar refractivity (Wildman–Crippen MR) is 318 cm³/mol. The topological polar surface area (TPSA) is 9.72 Å². The highest BCUT2D eigenvalue weighted by Gasteiger charge is 2.58. The van der Waals surface area contributed by atoms with Gasteiger partial charge in [0, 0.05) is 65.4 Å². The largest absolute Gasteiger partial charge is 0.334 e. The van der Waals surface area contributed by atoms with Crippen LogP contribution in [-0.4, -0.2) is 12.3 Å². The van der Waals surface area contributed by atoms with E-state index in [1.165, 1.54) is 128 Å². The molecular weight excluding hydrogens is 902 g/mol. The average molecular weight is 970 g/mol. The highest BCUT2D eigenvalue weighted by Crippen LogP contribution is 2.62. The van der Waals surface area contributed by atoms with Gasteiger partial charge < -0.3 is 14.7 Å². The Balaban J connectivity index is 1.18. The molecule has 73 heavy (non-hydrogen) atoms. The summed E-state index contributed by atoms with van der Waals surface area (Å²) in [6, 6.07) is 64.1. The van der Waals surface area contributed by atoms with Crippen molar-refractivity contribution in [2.24, 2.45) is 0 Å². The van der Waals surface area contributed by atoms with Gasteiger partial charge in [-0.3, -0.25) is 0 Å². The number of benzene rings is 8. The van der Waals surface area contributed by atoms with Gasteiger partial charge in [0.1, 0.15) is 0 Å². The molecule has 1 fully saturated rings. The first-order chi connectivity index (χ1) is 34.8. The first-order valence-corrected chi connectivity index (χ1v) is 27.7. The van der Waals surface area contributed by atoms with Crippen molar-refractivity contribution in [1.29, 1.82) is 0 Å². The Morgan fingerprint density at radius 2 is 1.05 bits per heavy atom. The van der Waals surface area contributed by atoms with Gasteiger partial charge in [-0.2, -0.15) is 0 Å². The minimum atomic E-state index is -0.174. The Morgan fingerprint density at radius 1 is 0.452 bits per heavy atom. The normalized spacial score (nSPS) is 19.2. The van der Waals surface area contributed by atoms with Gasteiger partial charge >= 0.3 is 0 Å². The predicted octanol–water partition coefficient (Wildman–Crippen LogP) is 17.4. The second-order valence-corrected chi connectivity index (χ2v) is 26.4. The molecule has 0 N–H and O–H groups in total. The summed E-state index contributed by atoms with van der Waals surface area (Å²) in [6.45, 7) is 26.4. The third-order valence-electron chi connectivity index (χ3n) is 17.8. The standard InChI is InChI=1S/C68H68BN3S/c1-64(2,3)45-23-19-24-48(38-45)70-56-39-46(65(4,5)6)30-32-52(56)69-53-33-31-47(66(7,8)9)40-57(53)71(55-26-20-28-61-62(55)50-25-15-16-27-60(50)73-61)59-42-49(41-58(70)63(59)69)72-54-34-29-44(43-21-13-12-14-22-43)37-51(54)67(10)35-17-18-36-68(67,72)11/h12-16,19-34,37-42H,17-18,35-36H2,1-11H3. The molecule has 364 valence electrons. The van der Waals surface area contributed by atoms with E-state index in [4.69, 9.17) is 0 Å². The van der Waals surface area contributed by atoms with Crippen LogP contribution >= 0.6 is 11.3 Å². The maximum Gasteiger partial charge on any atom is 0.252 e. The van der Waals surface area contributed by atoms with Crippen molar-refractivity contribution in [1.82, 2.24) is 0 Å². The van der Waals surface area contributed by atoms with Crippen LogP contribution in [0, 0.1) is 0 Å². The molecule has 1 aliphatic carbocycles. The Morgan fingerprint density at radius 3 is 1.75 bits per heavy atom. The quantitative estimate of drug-likeness (QED) is 0.163. The average Bonchev–Trinajstić information content (AvgIpc) is 3.86. The molecular formula is C68H68BN3S. The number of rotatable bonds is 4. The number of fused-ring (bicyclic) bond motifs is 10. The summed E-state index contributed by atoms with van der Waals surface area (Å²) in [5, 5.41) is 2.63. The zero-order valence-electron chi connectivity index (χ0n) is 44.7. The van der Waals surface area contributed by atoms with E-state index in [1.54, 1.807) is 0 Å². The molecule has 2 atom stereocenters. The molecule has 8 aromatic carbocycles. The summed E-state index contributed by atoms with van der Waals surface area (Å²) < 4.78 is 2.63. The molecule has 0 saturated heterocycles. The van der Waals surface area contributed by atoms with Crippen molar-refractivity contribution in [2.45, 2.75) is 129 Å². The van der Waals surface area contributed by atoms with Crippen LogP contribution in [0.2, 0.25) is 0 Å². The van der Waals surface area contributed by atoms with E-state index >= 15 is 0 Å². The van der Waals surface area contributed by atoms with Crippen LogP contribution in [0.5, 0.6) is 0 Å². The lowest BCUT2D eigenvalue weighted by Crippen LogP contribution is -2.61. The monoisotopic (exact) mass is 970 g/mol. The maximum absolute atomic E-state index is 2.83. The van der Waals surface area contributed by atoms with Gasteiger partial charge in [-0.05, 0) is 153 Å². The van der Waals surface area contributed by atoms with Gasteiger partial charge in [0.2, 0.25) is 0 Å². The van der Waals surface area contributed by atoms with Crippen LogP contribution in [0.25, 0.3) is 31.3 Å². The van der Waals surface area contributed by atoms with Crippen LogP contribution in [0.1, 0.15) is 124 Å². The summed E-state index contributed by atoms with van der Waals surface area (Å²) >= 11 is 1.91. The summed E-state index contributed by atoms with van der Waals surface area (Å²) in [5.74, 6) is 0. The molecule has 3 nitrogen and oxygen atoms in total. The number of anilines is 8. The lowest BCUT2D eigenvalue weighted by atomic mass is 9.33. The van der Waals surface area contributed by atoms with E-state index in [-0.39, 0.29) is 33.9 Å².